The SMILES string of the molecule is C=C(C)C(=O)OCCCCCCCCOc1ccc(C(=O)Oc2ccc(/C=C/C(=O)OCCOC(C)=O)cc2C)cc1. The molecule has 0 saturated carbocycles. The van der Waals surface area contributed by atoms with E-state index in [2.05, 4.69) is 6.58 Å². The van der Waals surface area contributed by atoms with E-state index in [1.165, 1.54) is 13.0 Å². The van der Waals surface area contributed by atoms with Crippen LogP contribution in [-0.2, 0) is 28.6 Å². The lowest BCUT2D eigenvalue weighted by atomic mass is 10.1. The maximum atomic E-state index is 12.6. The van der Waals surface area contributed by atoms with Crippen molar-refractivity contribution in [1.29, 1.82) is 0 Å². The van der Waals surface area contributed by atoms with E-state index < -0.39 is 17.9 Å². The Labute approximate surface area is 247 Å². The fraction of sp³-hybridized carbons (Fsp3) is 0.394. The Hall–Kier alpha value is -4.40. The van der Waals surface area contributed by atoms with Crippen LogP contribution in [-0.4, -0.2) is 50.3 Å². The maximum absolute atomic E-state index is 12.6. The normalized spacial score (nSPS) is 10.6. The minimum Gasteiger partial charge on any atom is -0.494 e. The molecular weight excluding hydrogens is 540 g/mol. The number of carbonyl (C=O) groups excluding carboxylic acids is 4. The highest BCUT2D eigenvalue weighted by Gasteiger charge is 2.11. The highest BCUT2D eigenvalue weighted by Crippen LogP contribution is 2.22. The topological polar surface area (TPSA) is 114 Å². The predicted molar refractivity (Wildman–Crippen MR) is 158 cm³/mol. The van der Waals surface area contributed by atoms with Gasteiger partial charge in [0.15, 0.2) is 0 Å². The third-order valence-electron chi connectivity index (χ3n) is 5.93. The first-order valence-corrected chi connectivity index (χ1v) is 14.0. The zero-order chi connectivity index (χ0) is 30.7. The van der Waals surface area contributed by atoms with Gasteiger partial charge in [0, 0.05) is 18.6 Å². The first-order chi connectivity index (χ1) is 20.2. The van der Waals surface area contributed by atoms with Crippen LogP contribution in [0.15, 0.2) is 60.7 Å². The van der Waals surface area contributed by atoms with Gasteiger partial charge >= 0.3 is 23.9 Å². The largest absolute Gasteiger partial charge is 0.494 e. The van der Waals surface area contributed by atoms with E-state index in [1.807, 2.05) is 0 Å². The quantitative estimate of drug-likeness (QED) is 0.0671. The van der Waals surface area contributed by atoms with Gasteiger partial charge in [0.1, 0.15) is 24.7 Å². The number of ether oxygens (including phenoxy) is 5. The third kappa shape index (κ3) is 13.8. The molecule has 0 aliphatic heterocycles. The van der Waals surface area contributed by atoms with Crippen LogP contribution in [0.1, 0.15) is 73.9 Å². The molecule has 0 fully saturated rings. The van der Waals surface area contributed by atoms with Crippen LogP contribution in [0.2, 0.25) is 0 Å². The van der Waals surface area contributed by atoms with E-state index >= 15 is 0 Å². The van der Waals surface area contributed by atoms with Crippen molar-refractivity contribution in [1.82, 2.24) is 0 Å². The molecule has 2 rings (SSSR count). The van der Waals surface area contributed by atoms with Gasteiger partial charge in [-0.2, -0.15) is 0 Å². The third-order valence-corrected chi connectivity index (χ3v) is 5.93. The van der Waals surface area contributed by atoms with Crippen LogP contribution in [0.3, 0.4) is 0 Å². The number of hydrogen-bond acceptors (Lipinski definition) is 9. The molecule has 9 nitrogen and oxygen atoms in total. The number of benzene rings is 2. The molecule has 0 saturated heterocycles. The molecule has 0 spiro atoms. The van der Waals surface area contributed by atoms with Gasteiger partial charge in [-0.25, -0.2) is 14.4 Å². The molecule has 0 N–H and O–H groups in total. The molecule has 0 heterocycles. The zero-order valence-electron chi connectivity index (χ0n) is 24.6. The zero-order valence-corrected chi connectivity index (χ0v) is 24.6. The molecule has 0 bridgehead atoms. The molecule has 0 unspecified atom stereocenters. The fourth-order valence-corrected chi connectivity index (χ4v) is 3.67. The Morgan fingerprint density at radius 2 is 1.40 bits per heavy atom. The second-order valence-electron chi connectivity index (χ2n) is 9.67. The molecule has 0 amide bonds. The predicted octanol–water partition coefficient (Wildman–Crippen LogP) is 6.17. The van der Waals surface area contributed by atoms with Crippen LogP contribution >= 0.6 is 0 Å². The summed E-state index contributed by atoms with van der Waals surface area (Å²) in [6, 6.07) is 12.0. The first-order valence-electron chi connectivity index (χ1n) is 14.0. The highest BCUT2D eigenvalue weighted by atomic mass is 16.6. The number of carbonyl (C=O) groups is 4. The van der Waals surface area contributed by atoms with Gasteiger partial charge in [-0.05, 0) is 80.3 Å². The van der Waals surface area contributed by atoms with Crippen molar-refractivity contribution < 1.29 is 42.9 Å². The van der Waals surface area contributed by atoms with Crippen molar-refractivity contribution in [2.45, 2.75) is 59.3 Å². The lowest BCUT2D eigenvalue weighted by Gasteiger charge is -2.10. The molecule has 0 aliphatic carbocycles. The van der Waals surface area contributed by atoms with E-state index in [0.717, 1.165) is 49.7 Å². The summed E-state index contributed by atoms with van der Waals surface area (Å²) in [5.41, 5.74) is 2.27. The Balaban J connectivity index is 1.67. The van der Waals surface area contributed by atoms with Gasteiger partial charge in [0.2, 0.25) is 0 Å². The van der Waals surface area contributed by atoms with E-state index in [1.54, 1.807) is 62.4 Å². The van der Waals surface area contributed by atoms with Crippen LogP contribution in [0.5, 0.6) is 11.5 Å². The Morgan fingerprint density at radius 1 is 0.762 bits per heavy atom. The van der Waals surface area contributed by atoms with Crippen molar-refractivity contribution >= 4 is 30.0 Å². The molecule has 9 heteroatoms. The monoisotopic (exact) mass is 580 g/mol. The van der Waals surface area contributed by atoms with Crippen LogP contribution < -0.4 is 9.47 Å². The summed E-state index contributed by atoms with van der Waals surface area (Å²) in [4.78, 5) is 46.4. The lowest BCUT2D eigenvalue weighted by Crippen LogP contribution is -2.10. The molecule has 2 aromatic carbocycles. The van der Waals surface area contributed by atoms with Gasteiger partial charge in [-0.15, -0.1) is 0 Å². The van der Waals surface area contributed by atoms with Crippen molar-refractivity contribution in [2.75, 3.05) is 26.4 Å². The second kappa shape index (κ2) is 18.9. The second-order valence-corrected chi connectivity index (χ2v) is 9.67. The van der Waals surface area contributed by atoms with E-state index in [4.69, 9.17) is 23.7 Å². The van der Waals surface area contributed by atoms with E-state index in [9.17, 15) is 19.2 Å². The number of aryl methyl sites for hydroxylation is 1. The number of rotatable bonds is 18. The number of unbranched alkanes of at least 4 members (excludes halogenated alkanes) is 5. The molecule has 42 heavy (non-hydrogen) atoms. The molecule has 0 atom stereocenters. The van der Waals surface area contributed by atoms with Gasteiger partial charge in [-0.1, -0.05) is 38.3 Å². The van der Waals surface area contributed by atoms with Crippen LogP contribution in [0.4, 0.5) is 0 Å². The molecule has 0 radical (unpaired) electrons. The summed E-state index contributed by atoms with van der Waals surface area (Å²) in [7, 11) is 0. The van der Waals surface area contributed by atoms with Crippen molar-refractivity contribution in [2.24, 2.45) is 0 Å². The van der Waals surface area contributed by atoms with Gasteiger partial charge in [0.05, 0.1) is 18.8 Å². The summed E-state index contributed by atoms with van der Waals surface area (Å²) in [6.45, 7) is 9.28. The lowest BCUT2D eigenvalue weighted by molar-refractivity contribution is -0.147. The maximum Gasteiger partial charge on any atom is 0.343 e. The summed E-state index contributed by atoms with van der Waals surface area (Å²) in [5, 5.41) is 0. The molecule has 2 aromatic rings. The minimum atomic E-state index is -0.560. The van der Waals surface area contributed by atoms with Crippen LogP contribution in [0.25, 0.3) is 6.08 Å². The fourth-order valence-electron chi connectivity index (χ4n) is 3.67. The van der Waals surface area contributed by atoms with Crippen LogP contribution in [0, 0.1) is 6.92 Å². The van der Waals surface area contributed by atoms with Gasteiger partial charge < -0.3 is 23.7 Å². The van der Waals surface area contributed by atoms with E-state index in [-0.39, 0.29) is 19.2 Å². The highest BCUT2D eigenvalue weighted by molar-refractivity contribution is 5.91. The Kier molecular flexibility index (Phi) is 15.2. The Morgan fingerprint density at radius 3 is 2.05 bits per heavy atom. The molecular formula is C33H40O9. The number of esters is 4. The van der Waals surface area contributed by atoms with Crippen molar-refractivity contribution in [3.05, 3.63) is 77.4 Å². The smallest absolute Gasteiger partial charge is 0.343 e. The Bertz CT molecular complexity index is 1230. The average molecular weight is 581 g/mol. The minimum absolute atomic E-state index is 0.00490. The van der Waals surface area contributed by atoms with Gasteiger partial charge in [-0.3, -0.25) is 4.79 Å². The summed E-state index contributed by atoms with van der Waals surface area (Å²) in [6.07, 6.45) is 8.86. The number of hydrogen-bond donors (Lipinski definition) is 0. The molecule has 0 aliphatic rings. The standard InChI is InChI=1S/C33H40O9/c1-24(2)32(36)41-20-10-8-6-5-7-9-19-39-29-15-13-28(14-16-29)33(37)42-30-17-11-27(23-25(30)3)12-18-31(35)40-22-21-38-26(4)34/h11-18,23H,1,5-10,19-22H2,2-4H3/b18-12+. The molecule has 226 valence electrons. The summed E-state index contributed by atoms with van der Waals surface area (Å²) in [5.74, 6) is -0.722. The van der Waals surface area contributed by atoms with Crippen molar-refractivity contribution in [3.63, 3.8) is 0 Å². The van der Waals surface area contributed by atoms with Crippen molar-refractivity contribution in [3.8, 4) is 11.5 Å². The molecule has 0 aromatic heterocycles. The van der Waals surface area contributed by atoms with Gasteiger partial charge in [0.25, 0.3) is 0 Å². The average Bonchev–Trinajstić information content (AvgIpc) is 2.96. The van der Waals surface area contributed by atoms with E-state index in [0.29, 0.717) is 35.8 Å². The first kappa shape index (κ1) is 33.8. The summed E-state index contributed by atoms with van der Waals surface area (Å²) < 4.78 is 26.1. The summed E-state index contributed by atoms with van der Waals surface area (Å²) >= 11 is 0.